The zero-order chi connectivity index (χ0) is 25.7. The Morgan fingerprint density at radius 1 is 1.19 bits per heavy atom. The van der Waals surface area contributed by atoms with Crippen molar-refractivity contribution in [1.29, 1.82) is 5.26 Å². The van der Waals surface area contributed by atoms with Crippen molar-refractivity contribution in [3.63, 3.8) is 0 Å². The van der Waals surface area contributed by atoms with Crippen LogP contribution in [0.4, 0.5) is 14.5 Å². The Morgan fingerprint density at radius 3 is 2.47 bits per heavy atom. The summed E-state index contributed by atoms with van der Waals surface area (Å²) in [6.07, 6.45) is 0.129. The second kappa shape index (κ2) is 8.83. The quantitative estimate of drug-likeness (QED) is 0.643. The molecular formula is C25H28F2N4O4S. The lowest BCUT2D eigenvalue weighted by Gasteiger charge is -2.34. The van der Waals surface area contributed by atoms with Crippen LogP contribution in [0, 0.1) is 24.2 Å². The van der Waals surface area contributed by atoms with Gasteiger partial charge < -0.3 is 14.6 Å². The van der Waals surface area contributed by atoms with Crippen LogP contribution in [-0.4, -0.2) is 55.4 Å². The summed E-state index contributed by atoms with van der Waals surface area (Å²) in [7, 11) is -2.99. The van der Waals surface area contributed by atoms with Gasteiger partial charge in [-0.15, -0.1) is 0 Å². The molecule has 0 spiro atoms. The van der Waals surface area contributed by atoms with Crippen LogP contribution in [0.1, 0.15) is 49.7 Å². The van der Waals surface area contributed by atoms with Crippen molar-refractivity contribution in [2.24, 2.45) is 5.92 Å². The first-order chi connectivity index (χ1) is 17.0. The molecule has 2 unspecified atom stereocenters. The van der Waals surface area contributed by atoms with Crippen molar-refractivity contribution < 1.29 is 26.4 Å². The Balaban J connectivity index is 1.41. The van der Waals surface area contributed by atoms with Crippen LogP contribution < -0.4 is 10.2 Å². The predicted molar refractivity (Wildman–Crippen MR) is 128 cm³/mol. The molecule has 0 bridgehead atoms. The number of nitriles is 1. The topological polar surface area (TPSA) is 116 Å². The van der Waals surface area contributed by atoms with Crippen LogP contribution in [0.2, 0.25) is 0 Å². The van der Waals surface area contributed by atoms with E-state index in [0.717, 1.165) is 11.3 Å². The maximum absolute atomic E-state index is 14.4. The van der Waals surface area contributed by atoms with Gasteiger partial charge in [-0.25, -0.2) is 22.2 Å². The van der Waals surface area contributed by atoms with Crippen molar-refractivity contribution >= 4 is 21.4 Å². The van der Waals surface area contributed by atoms with E-state index in [-0.39, 0.29) is 24.3 Å². The van der Waals surface area contributed by atoms with Crippen molar-refractivity contribution in [2.45, 2.75) is 56.4 Å². The second-order valence-corrected chi connectivity index (χ2v) is 12.4. The normalized spacial score (nSPS) is 26.1. The molecule has 8 nitrogen and oxygen atoms in total. The van der Waals surface area contributed by atoms with E-state index >= 15 is 0 Å². The molecule has 3 fully saturated rings. The van der Waals surface area contributed by atoms with Gasteiger partial charge in [0.05, 0.1) is 23.5 Å². The zero-order valence-electron chi connectivity index (χ0n) is 20.0. The molecule has 2 aliphatic carbocycles. The Morgan fingerprint density at radius 2 is 1.86 bits per heavy atom. The summed E-state index contributed by atoms with van der Waals surface area (Å²) in [6.45, 7) is 2.53. The second-order valence-electron chi connectivity index (χ2n) is 10.1. The summed E-state index contributed by atoms with van der Waals surface area (Å²) in [5.41, 5.74) is 1.17. The Kier molecular flexibility index (Phi) is 6.06. The van der Waals surface area contributed by atoms with Crippen LogP contribution in [0.5, 0.6) is 0 Å². The molecule has 192 valence electrons. The molecular weight excluding hydrogens is 490 g/mol. The highest BCUT2D eigenvalue weighted by molar-refractivity contribution is 7.91. The lowest BCUT2D eigenvalue weighted by molar-refractivity contribution is -0.134. The van der Waals surface area contributed by atoms with Crippen molar-refractivity contribution in [3.05, 3.63) is 35.9 Å². The average molecular weight is 519 g/mol. The monoisotopic (exact) mass is 518 g/mol. The third kappa shape index (κ3) is 4.96. The predicted octanol–water partition coefficient (Wildman–Crippen LogP) is 3.58. The van der Waals surface area contributed by atoms with E-state index in [4.69, 9.17) is 4.42 Å². The van der Waals surface area contributed by atoms with Crippen LogP contribution in [0.3, 0.4) is 0 Å². The van der Waals surface area contributed by atoms with Crippen molar-refractivity contribution in [2.75, 3.05) is 29.5 Å². The molecule has 1 N–H and O–H groups in total. The van der Waals surface area contributed by atoms with Crippen LogP contribution >= 0.6 is 0 Å². The highest BCUT2D eigenvalue weighted by Crippen LogP contribution is 2.48. The molecule has 3 aliphatic rings. The molecule has 36 heavy (non-hydrogen) atoms. The van der Waals surface area contributed by atoms with E-state index in [9.17, 15) is 27.3 Å². The number of carbonyl (C=O) groups excluding carboxylic acids is 1. The summed E-state index contributed by atoms with van der Waals surface area (Å²) < 4.78 is 58.2. The standard InChI is InChI=1S/C25H28F2N4O4S/c1-16-29-21(17-2-4-18(5-3-17)31-10-12-36(33,34)13-11-31)22(35-16)19-6-7-25(26,27)14-20(19)23(32)30-24(15-28)8-9-24/h2-5,19-20H,6-14H2,1H3,(H,30,32). The Hall–Kier alpha value is -3.00. The Labute approximate surface area is 208 Å². The largest absolute Gasteiger partial charge is 0.445 e. The number of nitrogens with zero attached hydrogens (tertiary/aromatic N) is 3. The molecule has 1 aromatic heterocycles. The molecule has 0 radical (unpaired) electrons. The van der Waals surface area contributed by atoms with Gasteiger partial charge in [0, 0.05) is 50.0 Å². The van der Waals surface area contributed by atoms with Gasteiger partial charge in [-0.3, -0.25) is 4.79 Å². The van der Waals surface area contributed by atoms with E-state index in [1.165, 1.54) is 0 Å². The number of oxazole rings is 1. The number of amides is 1. The molecule has 2 saturated carbocycles. The molecule has 1 saturated heterocycles. The number of alkyl halides is 2. The Bertz CT molecular complexity index is 1300. The first-order valence-corrected chi connectivity index (χ1v) is 14.0. The van der Waals surface area contributed by atoms with E-state index < -0.39 is 45.5 Å². The SMILES string of the molecule is Cc1nc(-c2ccc(N3CCS(=O)(=O)CC3)cc2)c(C2CCC(F)(F)CC2C(=O)NC2(C#N)CC2)o1. The number of hydrogen-bond donors (Lipinski definition) is 1. The minimum Gasteiger partial charge on any atom is -0.445 e. The highest BCUT2D eigenvalue weighted by Gasteiger charge is 2.51. The lowest BCUT2D eigenvalue weighted by atomic mass is 9.74. The van der Waals surface area contributed by atoms with Crippen LogP contribution in [0.25, 0.3) is 11.3 Å². The van der Waals surface area contributed by atoms with Gasteiger partial charge in [0.25, 0.3) is 0 Å². The maximum Gasteiger partial charge on any atom is 0.249 e. The minimum absolute atomic E-state index is 0.0621. The molecule has 1 aliphatic heterocycles. The summed E-state index contributed by atoms with van der Waals surface area (Å²) in [5, 5.41) is 12.0. The molecule has 11 heteroatoms. The smallest absolute Gasteiger partial charge is 0.249 e. The summed E-state index contributed by atoms with van der Waals surface area (Å²) in [4.78, 5) is 19.6. The van der Waals surface area contributed by atoms with Crippen LogP contribution in [0.15, 0.2) is 28.7 Å². The van der Waals surface area contributed by atoms with Gasteiger partial charge in [-0.2, -0.15) is 5.26 Å². The minimum atomic E-state index is -2.99. The number of carbonyl (C=O) groups is 1. The van der Waals surface area contributed by atoms with Gasteiger partial charge >= 0.3 is 0 Å². The fraction of sp³-hybridized carbons (Fsp3) is 0.560. The van der Waals surface area contributed by atoms with Crippen molar-refractivity contribution in [1.82, 2.24) is 10.3 Å². The summed E-state index contributed by atoms with van der Waals surface area (Å²) in [5.74, 6) is -4.15. The van der Waals surface area contributed by atoms with Gasteiger partial charge in [0.2, 0.25) is 11.8 Å². The summed E-state index contributed by atoms with van der Waals surface area (Å²) in [6, 6.07) is 9.54. The molecule has 1 amide bonds. The van der Waals surface area contributed by atoms with E-state index in [1.54, 1.807) is 6.92 Å². The first-order valence-electron chi connectivity index (χ1n) is 12.1. The van der Waals surface area contributed by atoms with Gasteiger partial charge in [0.15, 0.2) is 15.7 Å². The third-order valence-corrected chi connectivity index (χ3v) is 9.05. The summed E-state index contributed by atoms with van der Waals surface area (Å²) >= 11 is 0. The third-order valence-electron chi connectivity index (χ3n) is 7.44. The van der Waals surface area contributed by atoms with Gasteiger partial charge in [0.1, 0.15) is 17.0 Å². The molecule has 1 aromatic carbocycles. The number of rotatable bonds is 5. The number of halogens is 2. The van der Waals surface area contributed by atoms with Crippen LogP contribution in [-0.2, 0) is 14.6 Å². The number of aromatic nitrogens is 1. The molecule has 5 rings (SSSR count). The number of benzene rings is 1. The first kappa shape index (κ1) is 24.7. The number of sulfone groups is 1. The maximum atomic E-state index is 14.4. The molecule has 2 aromatic rings. The number of aryl methyl sites for hydroxylation is 1. The van der Waals surface area contributed by atoms with E-state index in [2.05, 4.69) is 16.4 Å². The van der Waals surface area contributed by atoms with Gasteiger partial charge in [-0.1, -0.05) is 12.1 Å². The fourth-order valence-corrected chi connectivity index (χ4v) is 6.34. The van der Waals surface area contributed by atoms with E-state index in [0.29, 0.717) is 43.3 Å². The fourth-order valence-electron chi connectivity index (χ4n) is 5.14. The number of hydrogen-bond acceptors (Lipinski definition) is 7. The molecule has 2 heterocycles. The molecule has 2 atom stereocenters. The van der Waals surface area contributed by atoms with E-state index in [1.807, 2.05) is 29.2 Å². The van der Waals surface area contributed by atoms with Crippen molar-refractivity contribution in [3.8, 4) is 17.3 Å². The van der Waals surface area contributed by atoms with Gasteiger partial charge in [-0.05, 0) is 31.4 Å². The zero-order valence-corrected chi connectivity index (χ0v) is 20.8. The number of nitrogens with one attached hydrogen (secondary N) is 1. The highest BCUT2D eigenvalue weighted by atomic mass is 32.2. The average Bonchev–Trinajstić information content (AvgIpc) is 3.50. The lowest BCUT2D eigenvalue weighted by Crippen LogP contribution is -2.45. The number of anilines is 1.